The molecule has 1 amide bonds. The van der Waals surface area contributed by atoms with Crippen LogP contribution in [0.2, 0.25) is 0 Å². The summed E-state index contributed by atoms with van der Waals surface area (Å²) in [4.78, 5) is 41.3. The molecule has 0 aliphatic rings. The minimum Gasteiger partial charge on any atom is -0.504 e. The molecule has 2 aromatic carbocycles. The van der Waals surface area contributed by atoms with E-state index in [2.05, 4.69) is 9.84 Å². The number of phosphoric ester groups is 1. The van der Waals surface area contributed by atoms with E-state index in [0.717, 1.165) is 0 Å². The fourth-order valence-corrected chi connectivity index (χ4v) is 2.98. The molecule has 162 valence electrons. The summed E-state index contributed by atoms with van der Waals surface area (Å²) in [6.07, 6.45) is -0.107. The molecule has 2 unspecified atom stereocenters. The number of hydrogen-bond acceptors (Lipinski definition) is 7. The Bertz CT molecular complexity index is 959. The fourth-order valence-electron chi connectivity index (χ4n) is 2.58. The van der Waals surface area contributed by atoms with Crippen molar-refractivity contribution in [1.29, 1.82) is 0 Å². The normalized spacial score (nSPS) is 13.3. The molecule has 0 aromatic heterocycles. The van der Waals surface area contributed by atoms with Gasteiger partial charge < -0.3 is 30.9 Å². The number of phosphoric acid groups is 1. The first-order valence-electron chi connectivity index (χ1n) is 8.58. The summed E-state index contributed by atoms with van der Waals surface area (Å²) in [6.45, 7) is 0. The van der Waals surface area contributed by atoms with Crippen LogP contribution in [0.15, 0.2) is 42.5 Å². The fraction of sp³-hybridized carbons (Fsp3) is 0.222. The highest BCUT2D eigenvalue weighted by Crippen LogP contribution is 2.37. The van der Waals surface area contributed by atoms with Crippen LogP contribution >= 0.6 is 7.82 Å². The van der Waals surface area contributed by atoms with E-state index in [1.807, 2.05) is 0 Å². The number of aromatic hydroxyl groups is 2. The number of carboxylic acids is 1. The molecule has 0 aliphatic carbocycles. The molecule has 12 heteroatoms. The molecule has 0 heterocycles. The first kappa shape index (κ1) is 23.2. The van der Waals surface area contributed by atoms with Crippen LogP contribution < -0.4 is 15.6 Å². The van der Waals surface area contributed by atoms with Gasteiger partial charge in [0.25, 0.3) is 0 Å². The quantitative estimate of drug-likeness (QED) is 0.209. The van der Waals surface area contributed by atoms with E-state index in [1.54, 1.807) is 0 Å². The van der Waals surface area contributed by atoms with E-state index in [1.165, 1.54) is 42.5 Å². The van der Waals surface area contributed by atoms with E-state index >= 15 is 0 Å². The molecule has 30 heavy (non-hydrogen) atoms. The molecule has 8 N–H and O–H groups in total. The van der Waals surface area contributed by atoms with Gasteiger partial charge in [0.1, 0.15) is 11.8 Å². The van der Waals surface area contributed by atoms with Crippen molar-refractivity contribution in [2.24, 2.45) is 5.73 Å². The molecule has 11 nitrogen and oxygen atoms in total. The standard InChI is InChI=1S/C18H21N2O9P/c19-13(7-11-3-6-15(21)16(22)9-11)17(23)20-14(18(24)25)8-10-1-4-12(5-2-10)29-30(26,27)28/h1-6,9,13-14,21-22H,7-8,19H2,(H,20,23)(H,24,25)(H2,26,27,28). The van der Waals surface area contributed by atoms with Gasteiger partial charge in [-0.05, 0) is 41.8 Å². The average molecular weight is 440 g/mol. The van der Waals surface area contributed by atoms with Crippen LogP contribution in [-0.4, -0.2) is 49.1 Å². The first-order valence-corrected chi connectivity index (χ1v) is 10.1. The lowest BCUT2D eigenvalue weighted by Crippen LogP contribution is -2.50. The zero-order valence-electron chi connectivity index (χ0n) is 15.5. The average Bonchev–Trinajstić information content (AvgIpc) is 2.64. The zero-order chi connectivity index (χ0) is 22.5. The molecule has 0 aliphatic heterocycles. The van der Waals surface area contributed by atoms with Crippen molar-refractivity contribution in [3.05, 3.63) is 53.6 Å². The van der Waals surface area contributed by atoms with Crippen molar-refractivity contribution in [3.63, 3.8) is 0 Å². The SMILES string of the molecule is NC(Cc1ccc(O)c(O)c1)C(=O)NC(Cc1ccc(OP(=O)(O)O)cc1)C(=O)O. The number of carbonyl (C=O) groups is 2. The molecule has 2 aromatic rings. The zero-order valence-corrected chi connectivity index (χ0v) is 16.4. The third-order valence-electron chi connectivity index (χ3n) is 4.03. The van der Waals surface area contributed by atoms with Crippen molar-refractivity contribution in [1.82, 2.24) is 5.32 Å². The van der Waals surface area contributed by atoms with Gasteiger partial charge in [-0.1, -0.05) is 18.2 Å². The smallest absolute Gasteiger partial charge is 0.504 e. The summed E-state index contributed by atoms with van der Waals surface area (Å²) in [5.41, 5.74) is 6.76. The number of carboxylic acid groups (broad SMARTS) is 1. The van der Waals surface area contributed by atoms with Gasteiger partial charge in [-0.15, -0.1) is 0 Å². The lowest BCUT2D eigenvalue weighted by atomic mass is 10.0. The molecule has 2 rings (SSSR count). The maximum atomic E-state index is 12.3. The molecule has 0 saturated heterocycles. The monoisotopic (exact) mass is 440 g/mol. The van der Waals surface area contributed by atoms with Crippen molar-refractivity contribution in [2.75, 3.05) is 0 Å². The summed E-state index contributed by atoms with van der Waals surface area (Å²) in [5, 5.41) is 30.5. The van der Waals surface area contributed by atoms with Gasteiger partial charge in [0.15, 0.2) is 11.5 Å². The highest BCUT2D eigenvalue weighted by molar-refractivity contribution is 7.46. The number of amides is 1. The molecule has 0 radical (unpaired) electrons. The van der Waals surface area contributed by atoms with E-state index in [9.17, 15) is 29.5 Å². The summed E-state index contributed by atoms with van der Waals surface area (Å²) in [7, 11) is -4.71. The highest BCUT2D eigenvalue weighted by Gasteiger charge is 2.24. The summed E-state index contributed by atoms with van der Waals surface area (Å²) < 4.78 is 15.2. The van der Waals surface area contributed by atoms with Crippen LogP contribution in [0.3, 0.4) is 0 Å². The Morgan fingerprint density at radius 1 is 1.00 bits per heavy atom. The number of nitrogens with one attached hydrogen (secondary N) is 1. The third kappa shape index (κ3) is 7.05. The number of benzene rings is 2. The molecular formula is C18H21N2O9P. The number of hydrogen-bond donors (Lipinski definition) is 7. The Kier molecular flexibility index (Phi) is 7.41. The first-order chi connectivity index (χ1) is 13.9. The summed E-state index contributed by atoms with van der Waals surface area (Å²) in [6, 6.07) is 6.90. The topological polar surface area (TPSA) is 200 Å². The Morgan fingerprint density at radius 3 is 2.13 bits per heavy atom. The van der Waals surface area contributed by atoms with Crippen molar-refractivity contribution < 1.29 is 43.8 Å². The number of rotatable bonds is 9. The maximum Gasteiger partial charge on any atom is 0.524 e. The Hall–Kier alpha value is -3.11. The number of carbonyl (C=O) groups excluding carboxylic acids is 1. The lowest BCUT2D eigenvalue weighted by molar-refractivity contribution is -0.141. The van der Waals surface area contributed by atoms with E-state index in [0.29, 0.717) is 11.1 Å². The van der Waals surface area contributed by atoms with Crippen molar-refractivity contribution >= 4 is 19.7 Å². The van der Waals surface area contributed by atoms with Crippen LogP contribution in [0.25, 0.3) is 0 Å². The Morgan fingerprint density at radius 2 is 1.60 bits per heavy atom. The van der Waals surface area contributed by atoms with Gasteiger partial charge in [-0.3, -0.25) is 14.6 Å². The summed E-state index contributed by atoms with van der Waals surface area (Å²) >= 11 is 0. The van der Waals surface area contributed by atoms with Crippen LogP contribution in [0.4, 0.5) is 0 Å². The van der Waals surface area contributed by atoms with Gasteiger partial charge in [0.05, 0.1) is 6.04 Å². The van der Waals surface area contributed by atoms with Crippen molar-refractivity contribution in [2.45, 2.75) is 24.9 Å². The van der Waals surface area contributed by atoms with E-state index in [4.69, 9.17) is 15.5 Å². The minimum absolute atomic E-state index is 0.000421. The predicted molar refractivity (Wildman–Crippen MR) is 104 cm³/mol. The number of phenolic OH excluding ortho intramolecular Hbond substituents is 2. The predicted octanol–water partition coefficient (Wildman–Crippen LogP) is 0.251. The second kappa shape index (κ2) is 9.59. The molecule has 0 spiro atoms. The largest absolute Gasteiger partial charge is 0.524 e. The molecular weight excluding hydrogens is 419 g/mol. The van der Waals surface area contributed by atoms with Crippen LogP contribution in [0.5, 0.6) is 17.2 Å². The lowest BCUT2D eigenvalue weighted by Gasteiger charge is -2.18. The van der Waals surface area contributed by atoms with Crippen molar-refractivity contribution in [3.8, 4) is 17.2 Å². The second-order valence-corrected chi connectivity index (χ2v) is 7.63. The highest BCUT2D eigenvalue weighted by atomic mass is 31.2. The number of nitrogens with two attached hydrogens (primary N) is 1. The van der Waals surface area contributed by atoms with E-state index < -0.39 is 31.8 Å². The Labute approximate surface area is 171 Å². The molecule has 0 fully saturated rings. The maximum absolute atomic E-state index is 12.3. The van der Waals surface area contributed by atoms with Gasteiger partial charge in [-0.2, -0.15) is 0 Å². The third-order valence-corrected chi connectivity index (χ3v) is 4.48. The minimum atomic E-state index is -4.71. The number of phenols is 2. The summed E-state index contributed by atoms with van der Waals surface area (Å²) in [5.74, 6) is -2.80. The van der Waals surface area contributed by atoms with Gasteiger partial charge in [0.2, 0.25) is 5.91 Å². The van der Waals surface area contributed by atoms with Gasteiger partial charge in [-0.25, -0.2) is 9.36 Å². The molecule has 2 atom stereocenters. The molecule has 0 bridgehead atoms. The van der Waals surface area contributed by atoms with Crippen LogP contribution in [0, 0.1) is 0 Å². The van der Waals surface area contributed by atoms with Crippen LogP contribution in [-0.2, 0) is 27.0 Å². The van der Waals surface area contributed by atoms with Crippen LogP contribution in [0.1, 0.15) is 11.1 Å². The van der Waals surface area contributed by atoms with Gasteiger partial charge >= 0.3 is 13.8 Å². The molecule has 0 saturated carbocycles. The van der Waals surface area contributed by atoms with E-state index in [-0.39, 0.29) is 30.1 Å². The Balaban J connectivity index is 2.00. The van der Waals surface area contributed by atoms with Gasteiger partial charge in [0, 0.05) is 6.42 Å². The second-order valence-electron chi connectivity index (χ2n) is 6.46. The number of aliphatic carboxylic acids is 1.